The molecule has 21 heavy (non-hydrogen) atoms. The van der Waals surface area contributed by atoms with Crippen LogP contribution in [0.2, 0.25) is 0 Å². The summed E-state index contributed by atoms with van der Waals surface area (Å²) in [6.45, 7) is 1.93. The number of nitrogens with zero attached hydrogens (tertiary/aromatic N) is 1. The third kappa shape index (κ3) is 3.56. The van der Waals surface area contributed by atoms with Crippen molar-refractivity contribution in [1.29, 1.82) is 0 Å². The quantitative estimate of drug-likeness (QED) is 0.908. The molecule has 1 aromatic carbocycles. The van der Waals surface area contributed by atoms with E-state index in [1.807, 2.05) is 0 Å². The predicted molar refractivity (Wildman–Crippen MR) is 70.1 cm³/mol. The summed E-state index contributed by atoms with van der Waals surface area (Å²) >= 11 is 0. The van der Waals surface area contributed by atoms with Crippen molar-refractivity contribution < 1.29 is 26.7 Å². The van der Waals surface area contributed by atoms with Crippen molar-refractivity contribution in [2.75, 3.05) is 13.1 Å². The van der Waals surface area contributed by atoms with Gasteiger partial charge in [0, 0.05) is 13.1 Å². The van der Waals surface area contributed by atoms with E-state index in [2.05, 4.69) is 0 Å². The van der Waals surface area contributed by atoms with Crippen LogP contribution in [-0.2, 0) is 16.2 Å². The lowest BCUT2D eigenvalue weighted by atomic mass is 9.95. The van der Waals surface area contributed by atoms with E-state index in [0.717, 1.165) is 24.3 Å². The Kier molecular flexibility index (Phi) is 4.07. The van der Waals surface area contributed by atoms with Crippen LogP contribution in [0, 0.1) is 0 Å². The molecular weight excluding hydrogens is 307 g/mol. The van der Waals surface area contributed by atoms with Crippen molar-refractivity contribution in [3.8, 4) is 0 Å². The Labute approximate surface area is 121 Å². The summed E-state index contributed by atoms with van der Waals surface area (Å²) in [6.07, 6.45) is -3.90. The molecule has 0 saturated carbocycles. The van der Waals surface area contributed by atoms with Crippen LogP contribution in [0.3, 0.4) is 0 Å². The molecule has 1 heterocycles. The molecule has 0 aliphatic carbocycles. The predicted octanol–water partition coefficient (Wildman–Crippen LogP) is 2.24. The SMILES string of the molecule is CC1(O)CCN(S(=O)(=O)c2ccc(C(F)(F)F)cc2)CC1. The molecule has 8 heteroatoms. The number of alkyl halides is 3. The third-order valence-electron chi connectivity index (χ3n) is 3.62. The fraction of sp³-hybridized carbons (Fsp3) is 0.538. The first-order chi connectivity index (χ1) is 9.52. The fourth-order valence-electron chi connectivity index (χ4n) is 2.17. The number of aliphatic hydroxyl groups is 1. The molecule has 0 atom stereocenters. The molecule has 0 radical (unpaired) electrons. The maximum atomic E-state index is 12.5. The van der Waals surface area contributed by atoms with Gasteiger partial charge in [-0.2, -0.15) is 17.5 Å². The number of sulfonamides is 1. The standard InChI is InChI=1S/C13H16F3NO3S/c1-12(18)6-8-17(9-7-12)21(19,20)11-4-2-10(3-5-11)13(14,15)16/h2-5,18H,6-9H2,1H3. The van der Waals surface area contributed by atoms with Crippen molar-refractivity contribution >= 4 is 10.0 Å². The lowest BCUT2D eigenvalue weighted by Crippen LogP contribution is -2.45. The first-order valence-electron chi connectivity index (χ1n) is 6.42. The highest BCUT2D eigenvalue weighted by Gasteiger charge is 2.35. The lowest BCUT2D eigenvalue weighted by molar-refractivity contribution is -0.137. The molecule has 1 saturated heterocycles. The van der Waals surface area contributed by atoms with E-state index in [1.54, 1.807) is 6.92 Å². The van der Waals surface area contributed by atoms with Gasteiger partial charge < -0.3 is 5.11 Å². The number of piperidine rings is 1. The third-order valence-corrected chi connectivity index (χ3v) is 5.53. The van der Waals surface area contributed by atoms with Gasteiger partial charge in [-0.1, -0.05) is 0 Å². The molecule has 1 aliphatic heterocycles. The maximum Gasteiger partial charge on any atom is 0.416 e. The number of halogens is 3. The Hall–Kier alpha value is -1.12. The second-order valence-electron chi connectivity index (χ2n) is 5.42. The van der Waals surface area contributed by atoms with E-state index < -0.39 is 27.4 Å². The molecule has 118 valence electrons. The molecule has 1 aliphatic rings. The van der Waals surface area contributed by atoms with Gasteiger partial charge in [0.25, 0.3) is 0 Å². The van der Waals surface area contributed by atoms with Crippen molar-refractivity contribution in [2.45, 2.75) is 36.4 Å². The van der Waals surface area contributed by atoms with Crippen molar-refractivity contribution in [3.63, 3.8) is 0 Å². The maximum absolute atomic E-state index is 12.5. The lowest BCUT2D eigenvalue weighted by Gasteiger charge is -2.34. The minimum Gasteiger partial charge on any atom is -0.390 e. The Morgan fingerprint density at radius 1 is 1.14 bits per heavy atom. The molecule has 2 rings (SSSR count). The summed E-state index contributed by atoms with van der Waals surface area (Å²) in [4.78, 5) is -0.169. The van der Waals surface area contributed by atoms with Gasteiger partial charge in [0.1, 0.15) is 0 Å². The summed E-state index contributed by atoms with van der Waals surface area (Å²) < 4.78 is 63.2. The Morgan fingerprint density at radius 3 is 2.05 bits per heavy atom. The van der Waals surface area contributed by atoms with Gasteiger partial charge in [-0.25, -0.2) is 8.42 Å². The number of rotatable bonds is 2. The Morgan fingerprint density at radius 2 is 1.62 bits per heavy atom. The van der Waals surface area contributed by atoms with Crippen molar-refractivity contribution in [2.24, 2.45) is 0 Å². The summed E-state index contributed by atoms with van der Waals surface area (Å²) in [7, 11) is -3.82. The molecule has 0 amide bonds. The molecule has 0 bridgehead atoms. The molecular formula is C13H16F3NO3S. The zero-order valence-corrected chi connectivity index (χ0v) is 12.2. The molecule has 0 spiro atoms. The topological polar surface area (TPSA) is 57.6 Å². The normalized spacial score (nSPS) is 20.4. The van der Waals surface area contributed by atoms with Gasteiger partial charge in [0.15, 0.2) is 0 Å². The Balaban J connectivity index is 2.21. The molecule has 0 aromatic heterocycles. The summed E-state index contributed by atoms with van der Waals surface area (Å²) in [5.74, 6) is 0. The van der Waals surface area contributed by atoms with Crippen LogP contribution in [0.4, 0.5) is 13.2 Å². The van der Waals surface area contributed by atoms with Gasteiger partial charge >= 0.3 is 6.18 Å². The molecule has 1 fully saturated rings. The van der Waals surface area contributed by atoms with Crippen LogP contribution < -0.4 is 0 Å². The second-order valence-corrected chi connectivity index (χ2v) is 7.36. The van der Waals surface area contributed by atoms with E-state index in [1.165, 1.54) is 4.31 Å². The Bertz CT molecular complexity index is 599. The van der Waals surface area contributed by atoms with E-state index >= 15 is 0 Å². The number of hydrogen-bond donors (Lipinski definition) is 1. The minimum absolute atomic E-state index is 0.149. The number of benzene rings is 1. The number of hydrogen-bond acceptors (Lipinski definition) is 3. The zero-order chi connectivity index (χ0) is 15.9. The van der Waals surface area contributed by atoms with E-state index in [-0.39, 0.29) is 18.0 Å². The van der Waals surface area contributed by atoms with E-state index in [9.17, 15) is 26.7 Å². The van der Waals surface area contributed by atoms with Crippen LogP contribution in [0.25, 0.3) is 0 Å². The first-order valence-corrected chi connectivity index (χ1v) is 7.86. The van der Waals surface area contributed by atoms with Gasteiger partial charge in [-0.05, 0) is 44.0 Å². The summed E-state index contributed by atoms with van der Waals surface area (Å²) in [5, 5.41) is 9.81. The molecule has 1 N–H and O–H groups in total. The summed E-state index contributed by atoms with van der Waals surface area (Å²) in [6, 6.07) is 3.44. The van der Waals surface area contributed by atoms with Crippen molar-refractivity contribution in [1.82, 2.24) is 4.31 Å². The molecule has 1 aromatic rings. The smallest absolute Gasteiger partial charge is 0.390 e. The minimum atomic E-state index is -4.49. The van der Waals surface area contributed by atoms with E-state index in [4.69, 9.17) is 0 Å². The van der Waals surface area contributed by atoms with Crippen LogP contribution >= 0.6 is 0 Å². The largest absolute Gasteiger partial charge is 0.416 e. The van der Waals surface area contributed by atoms with Gasteiger partial charge in [-0.15, -0.1) is 0 Å². The average molecular weight is 323 g/mol. The highest BCUT2D eigenvalue weighted by Crippen LogP contribution is 2.31. The first kappa shape index (κ1) is 16.3. The van der Waals surface area contributed by atoms with Crippen molar-refractivity contribution in [3.05, 3.63) is 29.8 Å². The zero-order valence-electron chi connectivity index (χ0n) is 11.4. The van der Waals surface area contributed by atoms with Crippen LogP contribution in [0.15, 0.2) is 29.2 Å². The molecule has 4 nitrogen and oxygen atoms in total. The van der Waals surface area contributed by atoms with Gasteiger partial charge in [-0.3, -0.25) is 0 Å². The van der Waals surface area contributed by atoms with Crippen LogP contribution in [0.1, 0.15) is 25.3 Å². The average Bonchev–Trinajstić information content (AvgIpc) is 2.37. The second kappa shape index (κ2) is 5.26. The van der Waals surface area contributed by atoms with Gasteiger partial charge in [0.05, 0.1) is 16.1 Å². The van der Waals surface area contributed by atoms with Gasteiger partial charge in [0.2, 0.25) is 10.0 Å². The van der Waals surface area contributed by atoms with Crippen LogP contribution in [0.5, 0.6) is 0 Å². The highest BCUT2D eigenvalue weighted by molar-refractivity contribution is 7.89. The fourth-order valence-corrected chi connectivity index (χ4v) is 3.61. The molecule has 0 unspecified atom stereocenters. The van der Waals surface area contributed by atoms with E-state index in [0.29, 0.717) is 12.8 Å². The highest BCUT2D eigenvalue weighted by atomic mass is 32.2. The summed E-state index contributed by atoms with van der Waals surface area (Å²) in [5.41, 5.74) is -1.78. The van der Waals surface area contributed by atoms with Crippen LogP contribution in [-0.4, -0.2) is 36.5 Å². The monoisotopic (exact) mass is 323 g/mol.